The molecule has 1 heterocycles. The molecule has 0 aliphatic carbocycles. The Labute approximate surface area is 355 Å². The second-order valence-electron chi connectivity index (χ2n) is 12.7. The Kier molecular flexibility index (Phi) is 14.4. The Bertz CT molecular complexity index is 2550. The van der Waals surface area contributed by atoms with Crippen LogP contribution in [-0.2, 0) is 11.3 Å². The number of esters is 1. The summed E-state index contributed by atoms with van der Waals surface area (Å²) >= 11 is 3.00. The SMILES string of the molecule is Fc1c(F)c(F)c([B-](c2c(F)c(F)c(F)c(F)c2F)(c2c(F)c(F)c(F)c(F)c2F)c2c(F)c(F)c(F)c(F)c2F)c(F)c1F.O=C(C[n+]1ccnc(C(=O)OCBr)c1)c1ccccc1. The van der Waals surface area contributed by atoms with Crippen molar-refractivity contribution in [3.8, 4) is 0 Å². The highest BCUT2D eigenvalue weighted by Gasteiger charge is 2.52. The monoisotopic (exact) mass is 1010 g/mol. The summed E-state index contributed by atoms with van der Waals surface area (Å²) in [6, 6.07) is 8.98. The van der Waals surface area contributed by atoms with Crippen molar-refractivity contribution in [3.63, 3.8) is 0 Å². The van der Waals surface area contributed by atoms with Gasteiger partial charge < -0.3 is 4.74 Å². The van der Waals surface area contributed by atoms with E-state index in [9.17, 15) is 62.3 Å². The predicted octanol–water partition coefficient (Wildman–Crippen LogP) is 7.61. The van der Waals surface area contributed by atoms with Gasteiger partial charge in [-0.2, -0.15) is 4.57 Å². The molecule has 0 bridgehead atoms. The average molecular weight is 1020 g/mol. The fraction of sp³-hybridized carbons (Fsp3) is 0.0526. The number of hydrogen-bond acceptors (Lipinski definition) is 4. The summed E-state index contributed by atoms with van der Waals surface area (Å²) in [6.45, 7) is 0.140. The fourth-order valence-electron chi connectivity index (χ4n) is 6.52. The molecule has 27 heteroatoms. The highest BCUT2D eigenvalue weighted by Crippen LogP contribution is 2.30. The molecular formula is C38H12BBrF20N2O3. The lowest BCUT2D eigenvalue weighted by Gasteiger charge is -2.44. The number of hydrogen-bond donors (Lipinski definition) is 0. The van der Waals surface area contributed by atoms with Gasteiger partial charge in [-0.05, 0) is 15.9 Å². The van der Waals surface area contributed by atoms with Crippen LogP contribution in [0.4, 0.5) is 87.8 Å². The minimum Gasteiger partial charge on any atom is -0.449 e. The van der Waals surface area contributed by atoms with E-state index < -0.39 is 150 Å². The van der Waals surface area contributed by atoms with E-state index in [0.717, 1.165) is 0 Å². The van der Waals surface area contributed by atoms with Crippen LogP contribution in [0, 0.1) is 116 Å². The topological polar surface area (TPSA) is 60.1 Å². The first-order valence-electron chi connectivity index (χ1n) is 16.8. The van der Waals surface area contributed by atoms with Gasteiger partial charge in [-0.3, -0.25) is 4.79 Å². The standard InChI is InChI=1S/C24BF20.C14H12BrN2O3/c26-5-1(6(27)14(35)21(42)13(5)34)25(2-7(28)15(36)22(43)16(37)8(2)29,3-9(30)17(38)23(44)18(39)10(3)31)4-11(32)19(40)24(45)20(41)12(4)33;15-10-20-14(19)12-8-17(7-6-16-12)9-13(18)11-4-2-1-3-5-11/h;1-8H,9-10H2/q-1;+1. The van der Waals surface area contributed by atoms with Crippen molar-refractivity contribution in [2.45, 2.75) is 6.54 Å². The van der Waals surface area contributed by atoms with E-state index in [-0.39, 0.29) is 23.5 Å². The molecule has 0 atom stereocenters. The van der Waals surface area contributed by atoms with E-state index in [0.29, 0.717) is 5.56 Å². The molecule has 0 unspecified atom stereocenters. The van der Waals surface area contributed by atoms with Gasteiger partial charge in [-0.1, -0.05) is 30.3 Å². The number of ketones is 1. The smallest absolute Gasteiger partial charge is 0.364 e. The highest BCUT2D eigenvalue weighted by atomic mass is 79.9. The third-order valence-electron chi connectivity index (χ3n) is 9.28. The predicted molar refractivity (Wildman–Crippen MR) is 184 cm³/mol. The Morgan fingerprint density at radius 3 is 1.06 bits per heavy atom. The summed E-state index contributed by atoms with van der Waals surface area (Å²) in [5.41, 5.74) is -13.4. The van der Waals surface area contributed by atoms with E-state index >= 15 is 35.1 Å². The molecule has 0 radical (unpaired) electrons. The van der Waals surface area contributed by atoms with E-state index in [1.165, 1.54) is 12.4 Å². The maximum absolute atomic E-state index is 15.4. The largest absolute Gasteiger partial charge is 0.449 e. The summed E-state index contributed by atoms with van der Waals surface area (Å²) in [4.78, 5) is 27.5. The molecule has 0 saturated heterocycles. The first-order chi connectivity index (χ1) is 30.4. The van der Waals surface area contributed by atoms with E-state index in [4.69, 9.17) is 4.74 Å². The maximum Gasteiger partial charge on any atom is 0.364 e. The molecule has 0 saturated carbocycles. The van der Waals surface area contributed by atoms with Crippen LogP contribution >= 0.6 is 15.9 Å². The van der Waals surface area contributed by atoms with E-state index in [2.05, 4.69) is 20.9 Å². The Morgan fingerprint density at radius 1 is 0.477 bits per heavy atom. The molecule has 0 aliphatic rings. The summed E-state index contributed by atoms with van der Waals surface area (Å²) in [5.74, 6) is -72.0. The molecule has 342 valence electrons. The molecule has 0 aliphatic heterocycles. The number of halogens is 21. The fourth-order valence-corrected chi connectivity index (χ4v) is 6.72. The van der Waals surface area contributed by atoms with Crippen LogP contribution < -0.4 is 26.4 Å². The molecule has 1 aromatic heterocycles. The number of benzene rings is 5. The second-order valence-corrected chi connectivity index (χ2v) is 13.2. The first-order valence-corrected chi connectivity index (χ1v) is 17.9. The molecule has 6 rings (SSSR count). The molecule has 65 heavy (non-hydrogen) atoms. The van der Waals surface area contributed by atoms with Crippen LogP contribution in [0.3, 0.4) is 0 Å². The summed E-state index contributed by atoms with van der Waals surface area (Å²) in [5, 5.41) is 0. The lowest BCUT2D eigenvalue weighted by molar-refractivity contribution is -0.683. The van der Waals surface area contributed by atoms with Gasteiger partial charge in [-0.15, -0.1) is 21.9 Å². The van der Waals surface area contributed by atoms with Gasteiger partial charge in [0.2, 0.25) is 24.2 Å². The third-order valence-corrected chi connectivity index (χ3v) is 9.51. The highest BCUT2D eigenvalue weighted by molar-refractivity contribution is 9.09. The lowest BCUT2D eigenvalue weighted by Crippen LogP contribution is -2.81. The van der Waals surface area contributed by atoms with Crippen molar-refractivity contribution in [2.75, 3.05) is 5.52 Å². The van der Waals surface area contributed by atoms with Crippen LogP contribution in [-0.4, -0.2) is 28.4 Å². The van der Waals surface area contributed by atoms with Crippen LogP contribution in [0.15, 0.2) is 48.9 Å². The van der Waals surface area contributed by atoms with Gasteiger partial charge >= 0.3 is 5.97 Å². The summed E-state index contributed by atoms with van der Waals surface area (Å²) in [6.07, 6.45) is -2.63. The Morgan fingerprint density at radius 2 is 0.769 bits per heavy atom. The number of ether oxygens (including phenoxy) is 1. The molecule has 0 spiro atoms. The van der Waals surface area contributed by atoms with Crippen LogP contribution in [0.25, 0.3) is 0 Å². The van der Waals surface area contributed by atoms with Crippen molar-refractivity contribution in [3.05, 3.63) is 177 Å². The third kappa shape index (κ3) is 8.24. The molecule has 0 amide bonds. The number of aromatic nitrogens is 2. The van der Waals surface area contributed by atoms with E-state index in [1.807, 2.05) is 18.2 Å². The zero-order chi connectivity index (χ0) is 48.7. The number of alkyl halides is 1. The van der Waals surface area contributed by atoms with Crippen molar-refractivity contribution in [1.82, 2.24) is 4.98 Å². The van der Waals surface area contributed by atoms with Crippen LogP contribution in [0.2, 0.25) is 0 Å². The summed E-state index contributed by atoms with van der Waals surface area (Å²) < 4.78 is 300. The molecule has 0 N–H and O–H groups in total. The molecular weight excluding hydrogens is 1000 g/mol. The number of rotatable bonds is 9. The van der Waals surface area contributed by atoms with Gasteiger partial charge in [0.05, 0.1) is 6.20 Å². The normalized spacial score (nSPS) is 11.4. The lowest BCUT2D eigenvalue weighted by atomic mass is 9.12. The molecule has 0 fully saturated rings. The zero-order valence-electron chi connectivity index (χ0n) is 30.7. The van der Waals surface area contributed by atoms with Gasteiger partial charge in [0.1, 0.15) is 58.2 Å². The number of Topliss-reactive ketones (excluding diaryl/α,β-unsaturated/α-hetero) is 1. The van der Waals surface area contributed by atoms with Gasteiger partial charge in [-0.25, -0.2) is 97.6 Å². The van der Waals surface area contributed by atoms with Crippen molar-refractivity contribution < 1.29 is 107 Å². The Hall–Kier alpha value is -6.54. The van der Waals surface area contributed by atoms with Crippen molar-refractivity contribution >= 4 is 55.7 Å². The molecule has 6 aromatic rings. The number of carbonyl (C=O) groups is 2. The number of carbonyl (C=O) groups excluding carboxylic acids is 2. The molecule has 5 aromatic carbocycles. The van der Waals surface area contributed by atoms with Gasteiger partial charge in [0.25, 0.3) is 0 Å². The van der Waals surface area contributed by atoms with Crippen LogP contribution in [0.5, 0.6) is 0 Å². The summed E-state index contributed by atoms with van der Waals surface area (Å²) in [7, 11) is 0. The minimum atomic E-state index is -7.22. The quantitative estimate of drug-likeness (QED) is 0.0219. The zero-order valence-corrected chi connectivity index (χ0v) is 32.3. The second kappa shape index (κ2) is 18.9. The van der Waals surface area contributed by atoms with E-state index in [1.54, 1.807) is 22.9 Å². The van der Waals surface area contributed by atoms with Crippen LogP contribution in [0.1, 0.15) is 20.8 Å². The van der Waals surface area contributed by atoms with Gasteiger partial charge in [0.15, 0.2) is 76.0 Å². The first kappa shape index (κ1) is 49.5. The Balaban J connectivity index is 0.000000330. The van der Waals surface area contributed by atoms with Crippen molar-refractivity contribution in [2.24, 2.45) is 0 Å². The number of nitrogens with zero attached hydrogens (tertiary/aromatic N) is 2. The average Bonchev–Trinajstić information content (AvgIpc) is 3.29. The minimum absolute atomic E-state index is 0.0402. The molecule has 5 nitrogen and oxygen atoms in total. The van der Waals surface area contributed by atoms with Gasteiger partial charge in [0, 0.05) is 5.56 Å². The van der Waals surface area contributed by atoms with Crippen molar-refractivity contribution in [1.29, 1.82) is 0 Å². The maximum atomic E-state index is 15.4.